The van der Waals surface area contributed by atoms with Crippen molar-refractivity contribution in [1.29, 1.82) is 0 Å². The minimum atomic E-state index is 0.241. The molecule has 0 radical (unpaired) electrons. The summed E-state index contributed by atoms with van der Waals surface area (Å²) in [5, 5.41) is 0. The molecule has 0 aliphatic heterocycles. The van der Waals surface area contributed by atoms with Gasteiger partial charge in [-0.15, -0.1) is 0 Å². The normalized spacial score (nSPS) is 13.1. The van der Waals surface area contributed by atoms with Crippen LogP contribution >= 0.6 is 0 Å². The van der Waals surface area contributed by atoms with E-state index in [1.807, 2.05) is 24.3 Å². The van der Waals surface area contributed by atoms with Crippen LogP contribution in [0.5, 0.6) is 11.5 Å². The molecule has 29 heavy (non-hydrogen) atoms. The first kappa shape index (κ1) is 23.2. The monoisotopic (exact) mass is 398 g/mol. The fourth-order valence-corrected chi connectivity index (χ4v) is 3.20. The molecule has 2 aromatic rings. The topological polar surface area (TPSA) is 44.2 Å². The van der Waals surface area contributed by atoms with Crippen molar-refractivity contribution < 1.29 is 9.47 Å². The van der Waals surface area contributed by atoms with Gasteiger partial charge in [-0.05, 0) is 62.8 Å². The van der Waals surface area contributed by atoms with Crippen LogP contribution in [0.15, 0.2) is 36.7 Å². The van der Waals surface area contributed by atoms with Gasteiger partial charge in [0.25, 0.3) is 0 Å². The molecule has 0 fully saturated rings. The number of aromatic nitrogens is 2. The van der Waals surface area contributed by atoms with Gasteiger partial charge in [0, 0.05) is 5.56 Å². The summed E-state index contributed by atoms with van der Waals surface area (Å²) in [7, 11) is 0. The lowest BCUT2D eigenvalue weighted by Gasteiger charge is -2.15. The number of unbranched alkanes of at least 4 members (excludes halogenated alkanes) is 3. The van der Waals surface area contributed by atoms with Crippen molar-refractivity contribution in [1.82, 2.24) is 9.97 Å². The molecule has 0 aliphatic carbocycles. The van der Waals surface area contributed by atoms with Crippen LogP contribution in [0.2, 0.25) is 0 Å². The van der Waals surface area contributed by atoms with Gasteiger partial charge < -0.3 is 9.47 Å². The number of ether oxygens (including phenoxy) is 2. The van der Waals surface area contributed by atoms with E-state index in [1.54, 1.807) is 12.4 Å². The quantitative estimate of drug-likeness (QED) is 0.319. The van der Waals surface area contributed by atoms with E-state index < -0.39 is 0 Å². The Hall–Kier alpha value is -2.10. The Bertz CT molecular complexity index is 670. The number of rotatable bonds is 14. The number of hydrogen-bond acceptors (Lipinski definition) is 4. The third kappa shape index (κ3) is 8.84. The molecule has 1 aromatic heterocycles. The Morgan fingerprint density at radius 1 is 0.828 bits per heavy atom. The smallest absolute Gasteiger partial charge is 0.159 e. The van der Waals surface area contributed by atoms with Crippen molar-refractivity contribution in [3.8, 4) is 22.9 Å². The van der Waals surface area contributed by atoms with Gasteiger partial charge in [0.15, 0.2) is 11.6 Å². The van der Waals surface area contributed by atoms with E-state index in [2.05, 4.69) is 37.7 Å². The van der Waals surface area contributed by atoms with Gasteiger partial charge >= 0.3 is 0 Å². The Morgan fingerprint density at radius 2 is 1.55 bits per heavy atom. The summed E-state index contributed by atoms with van der Waals surface area (Å²) in [4.78, 5) is 8.90. The molecular formula is C25H38N2O2. The average Bonchev–Trinajstić information content (AvgIpc) is 2.75. The molecule has 160 valence electrons. The first-order chi connectivity index (χ1) is 14.1. The molecule has 0 amide bonds. The van der Waals surface area contributed by atoms with Crippen LogP contribution in [-0.4, -0.2) is 22.7 Å². The van der Waals surface area contributed by atoms with E-state index in [4.69, 9.17) is 9.47 Å². The zero-order valence-electron chi connectivity index (χ0n) is 18.7. The Balaban J connectivity index is 1.78. The summed E-state index contributed by atoms with van der Waals surface area (Å²) in [6, 6.07) is 8.03. The molecule has 0 saturated heterocycles. The lowest BCUT2D eigenvalue weighted by atomic mass is 10.0. The molecule has 0 saturated carbocycles. The second kappa shape index (κ2) is 13.2. The molecule has 2 rings (SSSR count). The van der Waals surface area contributed by atoms with Crippen LogP contribution < -0.4 is 9.47 Å². The van der Waals surface area contributed by atoms with Crippen LogP contribution in [0.25, 0.3) is 11.4 Å². The molecule has 0 spiro atoms. The van der Waals surface area contributed by atoms with Gasteiger partial charge in [-0.3, -0.25) is 0 Å². The van der Waals surface area contributed by atoms with Crippen molar-refractivity contribution >= 4 is 0 Å². The van der Waals surface area contributed by atoms with E-state index in [-0.39, 0.29) is 6.10 Å². The summed E-state index contributed by atoms with van der Waals surface area (Å²) < 4.78 is 11.8. The van der Waals surface area contributed by atoms with E-state index in [1.165, 1.54) is 38.5 Å². The summed E-state index contributed by atoms with van der Waals surface area (Å²) >= 11 is 0. The van der Waals surface area contributed by atoms with Crippen molar-refractivity contribution in [3.05, 3.63) is 36.7 Å². The standard InChI is InChI=1S/C25H38N2O2/c1-5-7-8-9-12-21(4)29-23-15-13-22(14-16-23)25-26-18-24(19-27-25)28-17-10-11-20(3)6-2/h13-16,18-21H,5-12,17H2,1-4H3/t20-,21+/m0/s1. The summed E-state index contributed by atoms with van der Waals surface area (Å²) in [5.41, 5.74) is 0.983. The fraction of sp³-hybridized carbons (Fsp3) is 0.600. The zero-order chi connectivity index (χ0) is 20.9. The van der Waals surface area contributed by atoms with Crippen LogP contribution in [0.1, 0.15) is 79.1 Å². The largest absolute Gasteiger partial charge is 0.491 e. The van der Waals surface area contributed by atoms with E-state index in [0.717, 1.165) is 42.4 Å². The first-order valence-electron chi connectivity index (χ1n) is 11.3. The van der Waals surface area contributed by atoms with Crippen LogP contribution in [0, 0.1) is 5.92 Å². The summed E-state index contributed by atoms with van der Waals surface area (Å²) in [6.45, 7) is 9.61. The van der Waals surface area contributed by atoms with Gasteiger partial charge in [-0.2, -0.15) is 0 Å². The molecule has 1 heterocycles. The van der Waals surface area contributed by atoms with Gasteiger partial charge in [-0.25, -0.2) is 9.97 Å². The minimum absolute atomic E-state index is 0.241. The van der Waals surface area contributed by atoms with Crippen molar-refractivity contribution in [2.24, 2.45) is 5.92 Å². The van der Waals surface area contributed by atoms with Gasteiger partial charge in [0.05, 0.1) is 25.1 Å². The fourth-order valence-electron chi connectivity index (χ4n) is 3.20. The summed E-state index contributed by atoms with van der Waals surface area (Å²) in [6.07, 6.45) is 13.4. The van der Waals surface area contributed by atoms with Crippen LogP contribution in [0.4, 0.5) is 0 Å². The Morgan fingerprint density at radius 3 is 2.21 bits per heavy atom. The van der Waals surface area contributed by atoms with Crippen LogP contribution in [-0.2, 0) is 0 Å². The lowest BCUT2D eigenvalue weighted by molar-refractivity contribution is 0.206. The SMILES string of the molecule is CCCCCC[C@@H](C)Oc1ccc(-c2ncc(OCCC[C@@H](C)CC)cn2)cc1. The molecule has 0 aliphatic rings. The second-order valence-electron chi connectivity index (χ2n) is 8.05. The molecule has 0 N–H and O–H groups in total. The molecule has 2 atom stereocenters. The molecule has 1 aromatic carbocycles. The second-order valence-corrected chi connectivity index (χ2v) is 8.05. The van der Waals surface area contributed by atoms with E-state index >= 15 is 0 Å². The highest BCUT2D eigenvalue weighted by Gasteiger charge is 2.06. The van der Waals surface area contributed by atoms with Crippen molar-refractivity contribution in [2.45, 2.75) is 85.2 Å². The third-order valence-corrected chi connectivity index (χ3v) is 5.35. The maximum atomic E-state index is 6.02. The number of hydrogen-bond donors (Lipinski definition) is 0. The highest BCUT2D eigenvalue weighted by Crippen LogP contribution is 2.22. The zero-order valence-corrected chi connectivity index (χ0v) is 18.7. The van der Waals surface area contributed by atoms with Gasteiger partial charge in [0.2, 0.25) is 0 Å². The van der Waals surface area contributed by atoms with Crippen molar-refractivity contribution in [2.75, 3.05) is 6.61 Å². The van der Waals surface area contributed by atoms with Gasteiger partial charge in [0.1, 0.15) is 5.75 Å². The maximum Gasteiger partial charge on any atom is 0.159 e. The average molecular weight is 399 g/mol. The molecule has 4 nitrogen and oxygen atoms in total. The van der Waals surface area contributed by atoms with Gasteiger partial charge in [-0.1, -0.05) is 46.5 Å². The van der Waals surface area contributed by atoms with E-state index in [0.29, 0.717) is 5.82 Å². The highest BCUT2D eigenvalue weighted by molar-refractivity contribution is 5.56. The maximum absolute atomic E-state index is 6.02. The molecule has 0 bridgehead atoms. The molecular weight excluding hydrogens is 360 g/mol. The lowest BCUT2D eigenvalue weighted by Crippen LogP contribution is -2.11. The van der Waals surface area contributed by atoms with Crippen LogP contribution in [0.3, 0.4) is 0 Å². The predicted octanol–water partition coefficient (Wildman–Crippen LogP) is 7.09. The van der Waals surface area contributed by atoms with E-state index in [9.17, 15) is 0 Å². The van der Waals surface area contributed by atoms with Crippen molar-refractivity contribution in [3.63, 3.8) is 0 Å². The number of benzene rings is 1. The molecule has 0 unspecified atom stereocenters. The summed E-state index contributed by atoms with van der Waals surface area (Å²) in [5.74, 6) is 3.09. The molecule has 4 heteroatoms. The number of nitrogens with zero attached hydrogens (tertiary/aromatic N) is 2. The highest BCUT2D eigenvalue weighted by atomic mass is 16.5. The minimum Gasteiger partial charge on any atom is -0.491 e. The first-order valence-corrected chi connectivity index (χ1v) is 11.3. The Kier molecular flexibility index (Phi) is 10.5. The Labute approximate surface area is 177 Å². The third-order valence-electron chi connectivity index (χ3n) is 5.35. The predicted molar refractivity (Wildman–Crippen MR) is 121 cm³/mol.